The lowest BCUT2D eigenvalue weighted by molar-refractivity contribution is -0.201. The number of halogens is 3. The van der Waals surface area contributed by atoms with Crippen LogP contribution in [-0.2, 0) is 6.54 Å². The average Bonchev–Trinajstić information content (AvgIpc) is 2.18. The molecule has 84 valence electrons. The molecule has 0 bridgehead atoms. The Hall–Kier alpha value is -1.14. The molecule has 1 aromatic heterocycles. The van der Waals surface area contributed by atoms with Crippen LogP contribution in [0.3, 0.4) is 0 Å². The van der Waals surface area contributed by atoms with Crippen molar-refractivity contribution < 1.29 is 18.3 Å². The fraction of sp³-hybridized carbons (Fsp3) is 0.444. The van der Waals surface area contributed by atoms with E-state index in [-0.39, 0.29) is 6.54 Å². The molecule has 0 spiro atoms. The summed E-state index contributed by atoms with van der Waals surface area (Å²) in [5.41, 5.74) is 0.770. The minimum absolute atomic E-state index is 0.251. The second-order valence-electron chi connectivity index (χ2n) is 3.05. The van der Waals surface area contributed by atoms with Gasteiger partial charge in [-0.25, -0.2) is 0 Å². The van der Waals surface area contributed by atoms with Gasteiger partial charge in [-0.1, -0.05) is 6.07 Å². The van der Waals surface area contributed by atoms with Crippen LogP contribution in [0.2, 0.25) is 0 Å². The molecule has 6 heteroatoms. The van der Waals surface area contributed by atoms with Crippen LogP contribution in [0.25, 0.3) is 0 Å². The summed E-state index contributed by atoms with van der Waals surface area (Å²) in [7, 11) is 0. The molecule has 1 atom stereocenters. The lowest BCUT2D eigenvalue weighted by Gasteiger charge is -2.14. The van der Waals surface area contributed by atoms with Crippen LogP contribution in [0.15, 0.2) is 24.5 Å². The Bertz CT molecular complexity index is 289. The lowest BCUT2D eigenvalue weighted by Crippen LogP contribution is -2.38. The second-order valence-corrected chi connectivity index (χ2v) is 3.05. The lowest BCUT2D eigenvalue weighted by atomic mass is 10.3. The summed E-state index contributed by atoms with van der Waals surface area (Å²) >= 11 is 0. The van der Waals surface area contributed by atoms with Gasteiger partial charge in [-0.3, -0.25) is 4.98 Å². The molecule has 0 saturated carbocycles. The number of pyridine rings is 1. The zero-order valence-corrected chi connectivity index (χ0v) is 7.83. The number of alkyl halides is 3. The van der Waals surface area contributed by atoms with Gasteiger partial charge in [0.25, 0.3) is 0 Å². The minimum Gasteiger partial charge on any atom is -0.382 e. The van der Waals surface area contributed by atoms with Gasteiger partial charge in [0.1, 0.15) is 0 Å². The van der Waals surface area contributed by atoms with E-state index in [1.54, 1.807) is 24.5 Å². The Morgan fingerprint density at radius 2 is 2.20 bits per heavy atom. The van der Waals surface area contributed by atoms with E-state index in [0.717, 1.165) is 5.56 Å². The third-order valence-electron chi connectivity index (χ3n) is 1.77. The summed E-state index contributed by atoms with van der Waals surface area (Å²) in [6, 6.07) is 3.43. The van der Waals surface area contributed by atoms with Gasteiger partial charge in [0.05, 0.1) is 0 Å². The fourth-order valence-electron chi connectivity index (χ4n) is 0.972. The van der Waals surface area contributed by atoms with E-state index >= 15 is 0 Å². The zero-order valence-electron chi connectivity index (χ0n) is 7.83. The molecule has 0 saturated heterocycles. The molecule has 0 aliphatic heterocycles. The summed E-state index contributed by atoms with van der Waals surface area (Å²) in [6.07, 6.45) is -3.77. The standard InChI is InChI=1S/C9H11F3N2O/c10-9(11,12)8(15)6-14-5-7-2-1-3-13-4-7/h1-4,8,14-15H,5-6H2. The van der Waals surface area contributed by atoms with Crippen molar-refractivity contribution in [1.82, 2.24) is 10.3 Å². The number of nitrogens with zero attached hydrogens (tertiary/aromatic N) is 1. The second kappa shape index (κ2) is 5.09. The van der Waals surface area contributed by atoms with Crippen LogP contribution in [0, 0.1) is 0 Å². The predicted molar refractivity (Wildman–Crippen MR) is 48.0 cm³/mol. The molecule has 0 fully saturated rings. The number of hydrogen-bond acceptors (Lipinski definition) is 3. The molecule has 3 nitrogen and oxygen atoms in total. The Labute approximate surface area is 85.0 Å². The van der Waals surface area contributed by atoms with Crippen molar-refractivity contribution in [2.75, 3.05) is 6.54 Å². The van der Waals surface area contributed by atoms with Crippen molar-refractivity contribution in [3.8, 4) is 0 Å². The molecule has 1 rings (SSSR count). The first kappa shape index (κ1) is 11.9. The molecule has 1 heterocycles. The highest BCUT2D eigenvalue weighted by molar-refractivity contribution is 5.07. The molecule has 0 aromatic carbocycles. The van der Waals surface area contributed by atoms with Crippen molar-refractivity contribution in [2.45, 2.75) is 18.8 Å². The van der Waals surface area contributed by atoms with E-state index < -0.39 is 18.8 Å². The molecular weight excluding hydrogens is 209 g/mol. The van der Waals surface area contributed by atoms with Gasteiger partial charge in [0.2, 0.25) is 0 Å². The molecule has 1 unspecified atom stereocenters. The third-order valence-corrected chi connectivity index (χ3v) is 1.77. The first-order chi connectivity index (χ1) is 7.00. The summed E-state index contributed by atoms with van der Waals surface area (Å²) in [5.74, 6) is 0. The molecule has 15 heavy (non-hydrogen) atoms. The van der Waals surface area contributed by atoms with Crippen LogP contribution in [0.5, 0.6) is 0 Å². The SMILES string of the molecule is OC(CNCc1cccnc1)C(F)(F)F. The summed E-state index contributed by atoms with van der Waals surface area (Å²) in [5, 5.41) is 11.2. The number of aliphatic hydroxyl groups is 1. The first-order valence-corrected chi connectivity index (χ1v) is 4.34. The largest absolute Gasteiger partial charge is 0.415 e. The minimum atomic E-state index is -4.57. The van der Waals surface area contributed by atoms with E-state index in [2.05, 4.69) is 10.3 Å². The average molecular weight is 220 g/mol. The van der Waals surface area contributed by atoms with Crippen molar-refractivity contribution in [1.29, 1.82) is 0 Å². The van der Waals surface area contributed by atoms with E-state index in [0.29, 0.717) is 0 Å². The van der Waals surface area contributed by atoms with Crippen LogP contribution in [0.1, 0.15) is 5.56 Å². The fourth-order valence-corrected chi connectivity index (χ4v) is 0.972. The Kier molecular flexibility index (Phi) is 4.05. The number of rotatable bonds is 4. The molecule has 0 aliphatic rings. The first-order valence-electron chi connectivity index (χ1n) is 4.34. The normalized spacial score (nSPS) is 13.9. The topological polar surface area (TPSA) is 45.1 Å². The van der Waals surface area contributed by atoms with Crippen LogP contribution < -0.4 is 5.32 Å². The molecular formula is C9H11F3N2O. The van der Waals surface area contributed by atoms with E-state index in [1.807, 2.05) is 0 Å². The van der Waals surface area contributed by atoms with Crippen LogP contribution in [0.4, 0.5) is 13.2 Å². The Morgan fingerprint density at radius 1 is 1.47 bits per heavy atom. The molecule has 0 aliphatic carbocycles. The van der Waals surface area contributed by atoms with Gasteiger partial charge < -0.3 is 10.4 Å². The van der Waals surface area contributed by atoms with E-state index in [9.17, 15) is 13.2 Å². The van der Waals surface area contributed by atoms with E-state index in [4.69, 9.17) is 5.11 Å². The quantitative estimate of drug-likeness (QED) is 0.798. The maximum Gasteiger partial charge on any atom is 0.415 e. The van der Waals surface area contributed by atoms with Gasteiger partial charge in [-0.05, 0) is 11.6 Å². The Morgan fingerprint density at radius 3 is 2.73 bits per heavy atom. The van der Waals surface area contributed by atoms with Crippen molar-refractivity contribution in [3.63, 3.8) is 0 Å². The van der Waals surface area contributed by atoms with Crippen LogP contribution >= 0.6 is 0 Å². The third kappa shape index (κ3) is 4.26. The molecule has 2 N–H and O–H groups in total. The van der Waals surface area contributed by atoms with Crippen molar-refractivity contribution in [3.05, 3.63) is 30.1 Å². The Balaban J connectivity index is 2.28. The highest BCUT2D eigenvalue weighted by Gasteiger charge is 2.37. The molecule has 0 amide bonds. The van der Waals surface area contributed by atoms with Gasteiger partial charge in [-0.15, -0.1) is 0 Å². The molecule has 1 aromatic rings. The predicted octanol–water partition coefficient (Wildman–Crippen LogP) is 1.09. The summed E-state index contributed by atoms with van der Waals surface area (Å²) in [6.45, 7) is -0.265. The van der Waals surface area contributed by atoms with Gasteiger partial charge >= 0.3 is 6.18 Å². The van der Waals surface area contributed by atoms with Crippen molar-refractivity contribution in [2.24, 2.45) is 0 Å². The van der Waals surface area contributed by atoms with Gasteiger partial charge in [0.15, 0.2) is 6.10 Å². The number of aliphatic hydroxyl groups excluding tert-OH is 1. The zero-order chi connectivity index (χ0) is 11.3. The maximum atomic E-state index is 11.9. The summed E-state index contributed by atoms with van der Waals surface area (Å²) in [4.78, 5) is 3.81. The smallest absolute Gasteiger partial charge is 0.382 e. The van der Waals surface area contributed by atoms with Gasteiger partial charge in [-0.2, -0.15) is 13.2 Å². The molecule has 0 radical (unpaired) electrons. The highest BCUT2D eigenvalue weighted by Crippen LogP contribution is 2.19. The highest BCUT2D eigenvalue weighted by atomic mass is 19.4. The number of aromatic nitrogens is 1. The number of hydrogen-bond donors (Lipinski definition) is 2. The summed E-state index contributed by atoms with van der Waals surface area (Å²) < 4.78 is 35.6. The maximum absolute atomic E-state index is 11.9. The van der Waals surface area contributed by atoms with Crippen molar-refractivity contribution >= 4 is 0 Å². The van der Waals surface area contributed by atoms with Gasteiger partial charge in [0, 0.05) is 25.5 Å². The van der Waals surface area contributed by atoms with Crippen LogP contribution in [-0.4, -0.2) is 28.9 Å². The monoisotopic (exact) mass is 220 g/mol. The van der Waals surface area contributed by atoms with E-state index in [1.165, 1.54) is 0 Å². The number of nitrogens with one attached hydrogen (secondary N) is 1.